The van der Waals surface area contributed by atoms with Gasteiger partial charge in [-0.2, -0.15) is 0 Å². The standard InChI is InChI=1S/C12H17ClO2/c1-3-12(15-2)11(14)8-9-6-4-5-7-10(9)13/h4-7,11-12,14H,3,8H2,1-2H3. The monoisotopic (exact) mass is 228 g/mol. The molecule has 0 saturated heterocycles. The molecule has 2 unspecified atom stereocenters. The van der Waals surface area contributed by atoms with E-state index in [1.165, 1.54) is 0 Å². The summed E-state index contributed by atoms with van der Waals surface area (Å²) in [6, 6.07) is 7.55. The van der Waals surface area contributed by atoms with Crippen LogP contribution in [0.3, 0.4) is 0 Å². The highest BCUT2D eigenvalue weighted by molar-refractivity contribution is 6.31. The maximum atomic E-state index is 9.90. The lowest BCUT2D eigenvalue weighted by atomic mass is 10.0. The molecule has 0 amide bonds. The molecule has 0 aliphatic carbocycles. The highest BCUT2D eigenvalue weighted by atomic mass is 35.5. The molecular weight excluding hydrogens is 212 g/mol. The summed E-state index contributed by atoms with van der Waals surface area (Å²) in [5, 5.41) is 10.6. The van der Waals surface area contributed by atoms with Crippen molar-refractivity contribution in [3.8, 4) is 0 Å². The minimum absolute atomic E-state index is 0.124. The van der Waals surface area contributed by atoms with Gasteiger partial charge in [0.2, 0.25) is 0 Å². The van der Waals surface area contributed by atoms with Crippen LogP contribution in [0.5, 0.6) is 0 Å². The van der Waals surface area contributed by atoms with Crippen molar-refractivity contribution >= 4 is 11.6 Å². The van der Waals surface area contributed by atoms with Crippen molar-refractivity contribution in [2.24, 2.45) is 0 Å². The van der Waals surface area contributed by atoms with E-state index in [1.807, 2.05) is 31.2 Å². The Morgan fingerprint density at radius 1 is 1.40 bits per heavy atom. The van der Waals surface area contributed by atoms with Crippen molar-refractivity contribution in [1.82, 2.24) is 0 Å². The quantitative estimate of drug-likeness (QED) is 0.840. The van der Waals surface area contributed by atoms with Gasteiger partial charge in [-0.25, -0.2) is 0 Å². The second-order valence-electron chi connectivity index (χ2n) is 3.55. The van der Waals surface area contributed by atoms with Gasteiger partial charge in [0.15, 0.2) is 0 Å². The second kappa shape index (κ2) is 6.11. The molecule has 0 heterocycles. The zero-order chi connectivity index (χ0) is 11.3. The van der Waals surface area contributed by atoms with Crippen LogP contribution in [0.25, 0.3) is 0 Å². The fourth-order valence-electron chi connectivity index (χ4n) is 1.62. The molecule has 0 saturated carbocycles. The molecule has 1 aromatic rings. The Hall–Kier alpha value is -0.570. The van der Waals surface area contributed by atoms with E-state index < -0.39 is 6.10 Å². The Balaban J connectivity index is 2.65. The van der Waals surface area contributed by atoms with Gasteiger partial charge in [-0.3, -0.25) is 0 Å². The second-order valence-corrected chi connectivity index (χ2v) is 3.95. The van der Waals surface area contributed by atoms with Crippen LogP contribution in [0.2, 0.25) is 5.02 Å². The first-order valence-corrected chi connectivity index (χ1v) is 5.51. The molecule has 2 nitrogen and oxygen atoms in total. The van der Waals surface area contributed by atoms with Crippen LogP contribution >= 0.6 is 11.6 Å². The molecule has 3 heteroatoms. The van der Waals surface area contributed by atoms with E-state index in [-0.39, 0.29) is 6.10 Å². The molecule has 1 aromatic carbocycles. The lowest BCUT2D eigenvalue weighted by Crippen LogP contribution is -2.29. The molecular formula is C12H17ClO2. The highest BCUT2D eigenvalue weighted by Gasteiger charge is 2.17. The molecule has 0 aliphatic rings. The average molecular weight is 229 g/mol. The molecule has 15 heavy (non-hydrogen) atoms. The Labute approximate surface area is 95.8 Å². The van der Waals surface area contributed by atoms with Gasteiger partial charge in [0.1, 0.15) is 0 Å². The van der Waals surface area contributed by atoms with E-state index in [0.29, 0.717) is 11.4 Å². The lowest BCUT2D eigenvalue weighted by Gasteiger charge is -2.20. The molecule has 2 atom stereocenters. The van der Waals surface area contributed by atoms with E-state index in [0.717, 1.165) is 12.0 Å². The summed E-state index contributed by atoms with van der Waals surface area (Å²) in [5.74, 6) is 0. The van der Waals surface area contributed by atoms with Crippen molar-refractivity contribution in [3.05, 3.63) is 34.9 Å². The summed E-state index contributed by atoms with van der Waals surface area (Å²) in [6.45, 7) is 1.99. The van der Waals surface area contributed by atoms with Crippen molar-refractivity contribution < 1.29 is 9.84 Å². The van der Waals surface area contributed by atoms with E-state index in [9.17, 15) is 5.11 Å². The number of ether oxygens (including phenoxy) is 1. The first-order valence-electron chi connectivity index (χ1n) is 5.13. The van der Waals surface area contributed by atoms with Crippen LogP contribution in [0, 0.1) is 0 Å². The fraction of sp³-hybridized carbons (Fsp3) is 0.500. The number of benzene rings is 1. The van der Waals surface area contributed by atoms with E-state index in [2.05, 4.69) is 0 Å². The Kier molecular flexibility index (Phi) is 5.09. The van der Waals surface area contributed by atoms with Crippen molar-refractivity contribution in [2.45, 2.75) is 32.0 Å². The average Bonchev–Trinajstić information content (AvgIpc) is 2.23. The van der Waals surface area contributed by atoms with Crippen LogP contribution in [-0.2, 0) is 11.2 Å². The number of rotatable bonds is 5. The van der Waals surface area contributed by atoms with E-state index in [4.69, 9.17) is 16.3 Å². The first-order chi connectivity index (χ1) is 7.19. The lowest BCUT2D eigenvalue weighted by molar-refractivity contribution is -0.0128. The maximum absolute atomic E-state index is 9.90. The van der Waals surface area contributed by atoms with Gasteiger partial charge < -0.3 is 9.84 Å². The fourth-order valence-corrected chi connectivity index (χ4v) is 1.83. The third-order valence-corrected chi connectivity index (χ3v) is 2.89. The van der Waals surface area contributed by atoms with Crippen LogP contribution in [0.1, 0.15) is 18.9 Å². The molecule has 1 N–H and O–H groups in total. The maximum Gasteiger partial charge on any atom is 0.0842 e. The van der Waals surface area contributed by atoms with Gasteiger partial charge in [-0.1, -0.05) is 36.7 Å². The summed E-state index contributed by atoms with van der Waals surface area (Å²) in [4.78, 5) is 0. The number of hydrogen-bond acceptors (Lipinski definition) is 2. The van der Waals surface area contributed by atoms with Crippen molar-refractivity contribution in [2.75, 3.05) is 7.11 Å². The van der Waals surface area contributed by atoms with Crippen LogP contribution in [0.4, 0.5) is 0 Å². The minimum Gasteiger partial charge on any atom is -0.390 e. The van der Waals surface area contributed by atoms with Gasteiger partial charge in [0, 0.05) is 18.6 Å². The Morgan fingerprint density at radius 2 is 2.07 bits per heavy atom. The zero-order valence-corrected chi connectivity index (χ0v) is 9.87. The Morgan fingerprint density at radius 3 is 2.60 bits per heavy atom. The predicted molar refractivity (Wildman–Crippen MR) is 62.3 cm³/mol. The van der Waals surface area contributed by atoms with Gasteiger partial charge in [0.05, 0.1) is 12.2 Å². The zero-order valence-electron chi connectivity index (χ0n) is 9.11. The van der Waals surface area contributed by atoms with Gasteiger partial charge in [-0.15, -0.1) is 0 Å². The van der Waals surface area contributed by atoms with E-state index >= 15 is 0 Å². The smallest absolute Gasteiger partial charge is 0.0842 e. The van der Waals surface area contributed by atoms with Gasteiger partial charge in [0.25, 0.3) is 0 Å². The number of aliphatic hydroxyl groups excluding tert-OH is 1. The highest BCUT2D eigenvalue weighted by Crippen LogP contribution is 2.18. The topological polar surface area (TPSA) is 29.5 Å². The number of methoxy groups -OCH3 is 1. The normalized spacial score (nSPS) is 14.9. The molecule has 0 aromatic heterocycles. The van der Waals surface area contributed by atoms with Crippen LogP contribution < -0.4 is 0 Å². The molecule has 0 aliphatic heterocycles. The molecule has 0 bridgehead atoms. The summed E-state index contributed by atoms with van der Waals surface area (Å²) in [7, 11) is 1.62. The number of halogens is 1. The molecule has 0 fully saturated rings. The minimum atomic E-state index is -0.500. The Bertz CT molecular complexity index is 297. The molecule has 1 rings (SSSR count). The van der Waals surface area contributed by atoms with Crippen molar-refractivity contribution in [3.63, 3.8) is 0 Å². The van der Waals surface area contributed by atoms with Crippen LogP contribution in [0.15, 0.2) is 24.3 Å². The summed E-state index contributed by atoms with van der Waals surface area (Å²) >= 11 is 6.01. The number of hydrogen-bond donors (Lipinski definition) is 1. The molecule has 0 spiro atoms. The molecule has 0 radical (unpaired) electrons. The SMILES string of the molecule is CCC(OC)C(O)Cc1ccccc1Cl. The predicted octanol–water partition coefficient (Wildman–Crippen LogP) is 2.67. The summed E-state index contributed by atoms with van der Waals surface area (Å²) < 4.78 is 5.18. The summed E-state index contributed by atoms with van der Waals surface area (Å²) in [6.07, 6.45) is 0.704. The number of aliphatic hydroxyl groups is 1. The first kappa shape index (κ1) is 12.5. The van der Waals surface area contributed by atoms with Crippen molar-refractivity contribution in [1.29, 1.82) is 0 Å². The van der Waals surface area contributed by atoms with Gasteiger partial charge in [-0.05, 0) is 18.1 Å². The largest absolute Gasteiger partial charge is 0.390 e. The third kappa shape index (κ3) is 3.49. The van der Waals surface area contributed by atoms with Crippen LogP contribution in [-0.4, -0.2) is 24.4 Å². The summed E-state index contributed by atoms with van der Waals surface area (Å²) in [5.41, 5.74) is 0.960. The molecule has 84 valence electrons. The van der Waals surface area contributed by atoms with Gasteiger partial charge >= 0.3 is 0 Å². The van der Waals surface area contributed by atoms with E-state index in [1.54, 1.807) is 7.11 Å². The third-order valence-electron chi connectivity index (χ3n) is 2.52.